The van der Waals surface area contributed by atoms with Crippen molar-refractivity contribution in [1.82, 2.24) is 4.90 Å². The summed E-state index contributed by atoms with van der Waals surface area (Å²) >= 11 is 0. The number of likely N-dealkylation sites (tertiary alicyclic amines) is 1. The number of hydrogen-bond acceptors (Lipinski definition) is 2. The molecule has 0 radical (unpaired) electrons. The van der Waals surface area contributed by atoms with Gasteiger partial charge in [0.05, 0.1) is 0 Å². The Balaban J connectivity index is 0.00000196. The third-order valence-electron chi connectivity index (χ3n) is 6.09. The molecule has 0 spiro atoms. The van der Waals surface area contributed by atoms with Crippen LogP contribution in [-0.4, -0.2) is 24.1 Å². The summed E-state index contributed by atoms with van der Waals surface area (Å²) in [5.41, 5.74) is 1.79. The number of para-hydroxylation sites is 1. The molecule has 0 unspecified atom stereocenters. The molecule has 2 nitrogen and oxygen atoms in total. The largest absolute Gasteiger partial charge is 0.490 e. The van der Waals surface area contributed by atoms with Gasteiger partial charge in [-0.15, -0.1) is 12.4 Å². The first-order valence-corrected chi connectivity index (χ1v) is 9.89. The van der Waals surface area contributed by atoms with Crippen LogP contribution in [0.3, 0.4) is 0 Å². The molecule has 0 amide bonds. The Morgan fingerprint density at radius 1 is 0.769 bits per heavy atom. The van der Waals surface area contributed by atoms with Crippen LogP contribution in [0.15, 0.2) is 60.7 Å². The second-order valence-electron chi connectivity index (χ2n) is 7.58. The average Bonchev–Trinajstić information content (AvgIpc) is 2.70. The fraction of sp³-hybridized carbons (Fsp3) is 0.478. The fourth-order valence-electron chi connectivity index (χ4n) is 4.77. The van der Waals surface area contributed by atoms with E-state index in [9.17, 15) is 0 Å². The standard InChI is InChI=1S/C23H29NO.ClH/c1-4-10-20(11-5-1)23(16-8-3-9-17-23)24-18-14-22(15-19-24)25-21-12-6-2-7-13-21;/h1-2,4-7,10-13,22H,3,8-9,14-19H2;1H. The highest BCUT2D eigenvalue weighted by atomic mass is 35.5. The molecule has 0 N–H and O–H groups in total. The summed E-state index contributed by atoms with van der Waals surface area (Å²) in [7, 11) is 0. The lowest BCUT2D eigenvalue weighted by atomic mass is 9.74. The molecule has 0 atom stereocenters. The topological polar surface area (TPSA) is 12.5 Å². The van der Waals surface area contributed by atoms with Crippen molar-refractivity contribution >= 4 is 12.4 Å². The second-order valence-corrected chi connectivity index (χ2v) is 7.58. The number of hydrogen-bond donors (Lipinski definition) is 0. The van der Waals surface area contributed by atoms with E-state index < -0.39 is 0 Å². The van der Waals surface area contributed by atoms with Crippen molar-refractivity contribution in [3.8, 4) is 5.75 Å². The summed E-state index contributed by atoms with van der Waals surface area (Å²) in [6.45, 7) is 2.29. The minimum atomic E-state index is 0. The summed E-state index contributed by atoms with van der Waals surface area (Å²) in [5.74, 6) is 1.01. The van der Waals surface area contributed by atoms with Gasteiger partial charge in [-0.3, -0.25) is 4.90 Å². The number of ether oxygens (including phenoxy) is 1. The Labute approximate surface area is 164 Å². The van der Waals surface area contributed by atoms with Crippen LogP contribution >= 0.6 is 12.4 Å². The molecule has 1 aliphatic heterocycles. The lowest BCUT2D eigenvalue weighted by Crippen LogP contribution is -2.52. The van der Waals surface area contributed by atoms with Crippen LogP contribution in [0.4, 0.5) is 0 Å². The van der Waals surface area contributed by atoms with Gasteiger partial charge in [0.2, 0.25) is 0 Å². The van der Waals surface area contributed by atoms with Gasteiger partial charge in [-0.25, -0.2) is 0 Å². The van der Waals surface area contributed by atoms with E-state index in [-0.39, 0.29) is 17.9 Å². The van der Waals surface area contributed by atoms with E-state index in [4.69, 9.17) is 4.74 Å². The highest BCUT2D eigenvalue weighted by molar-refractivity contribution is 5.85. The van der Waals surface area contributed by atoms with Crippen LogP contribution in [0.25, 0.3) is 0 Å². The van der Waals surface area contributed by atoms with Crippen molar-refractivity contribution in [2.24, 2.45) is 0 Å². The van der Waals surface area contributed by atoms with Gasteiger partial charge >= 0.3 is 0 Å². The Morgan fingerprint density at radius 2 is 1.35 bits per heavy atom. The van der Waals surface area contributed by atoms with Gasteiger partial charge < -0.3 is 4.74 Å². The number of benzene rings is 2. The first kappa shape index (κ1) is 19.3. The van der Waals surface area contributed by atoms with Crippen LogP contribution in [0.1, 0.15) is 50.5 Å². The number of nitrogens with zero attached hydrogens (tertiary/aromatic N) is 1. The van der Waals surface area contributed by atoms with Crippen molar-refractivity contribution in [1.29, 1.82) is 0 Å². The fourth-order valence-corrected chi connectivity index (χ4v) is 4.77. The molecule has 0 bridgehead atoms. The Kier molecular flexibility index (Phi) is 6.61. The molecule has 2 aromatic carbocycles. The third-order valence-corrected chi connectivity index (χ3v) is 6.09. The molecule has 2 aromatic rings. The van der Waals surface area contributed by atoms with Crippen molar-refractivity contribution in [2.75, 3.05) is 13.1 Å². The maximum atomic E-state index is 6.20. The summed E-state index contributed by atoms with van der Waals surface area (Å²) in [5, 5.41) is 0. The molecule has 26 heavy (non-hydrogen) atoms. The van der Waals surface area contributed by atoms with Crippen molar-refractivity contribution in [3.05, 3.63) is 66.2 Å². The molecule has 1 heterocycles. The van der Waals surface area contributed by atoms with E-state index in [2.05, 4.69) is 59.5 Å². The Hall–Kier alpha value is -1.51. The molecular weight excluding hydrogens is 342 g/mol. The third kappa shape index (κ3) is 4.07. The summed E-state index contributed by atoms with van der Waals surface area (Å²) in [6.07, 6.45) is 9.33. The maximum absolute atomic E-state index is 6.20. The first-order valence-electron chi connectivity index (χ1n) is 9.89. The smallest absolute Gasteiger partial charge is 0.119 e. The van der Waals surface area contributed by atoms with E-state index in [1.807, 2.05) is 6.07 Å². The van der Waals surface area contributed by atoms with Crippen LogP contribution in [-0.2, 0) is 5.54 Å². The highest BCUT2D eigenvalue weighted by Gasteiger charge is 2.41. The van der Waals surface area contributed by atoms with Crippen molar-refractivity contribution in [2.45, 2.75) is 56.6 Å². The average molecular weight is 372 g/mol. The lowest BCUT2D eigenvalue weighted by Gasteiger charge is -2.49. The van der Waals surface area contributed by atoms with E-state index in [1.165, 1.54) is 37.7 Å². The minimum absolute atomic E-state index is 0. The van der Waals surface area contributed by atoms with Crippen LogP contribution in [0, 0.1) is 0 Å². The van der Waals surface area contributed by atoms with Crippen LogP contribution in [0.5, 0.6) is 5.75 Å². The van der Waals surface area contributed by atoms with Gasteiger partial charge in [0.15, 0.2) is 0 Å². The summed E-state index contributed by atoms with van der Waals surface area (Å²) < 4.78 is 6.20. The Bertz CT molecular complexity index is 646. The zero-order chi connectivity index (χ0) is 17.0. The molecule has 3 heteroatoms. The predicted octanol–water partition coefficient (Wildman–Crippen LogP) is 5.81. The van der Waals surface area contributed by atoms with Gasteiger partial charge in [-0.2, -0.15) is 0 Å². The van der Waals surface area contributed by atoms with E-state index in [0.717, 1.165) is 31.7 Å². The van der Waals surface area contributed by atoms with Gasteiger partial charge in [-0.1, -0.05) is 67.8 Å². The first-order chi connectivity index (χ1) is 12.4. The molecular formula is C23H30ClNO. The molecule has 0 aromatic heterocycles. The molecule has 2 fully saturated rings. The monoisotopic (exact) mass is 371 g/mol. The zero-order valence-corrected chi connectivity index (χ0v) is 16.3. The van der Waals surface area contributed by atoms with Crippen LogP contribution < -0.4 is 4.74 Å². The van der Waals surface area contributed by atoms with Crippen molar-refractivity contribution < 1.29 is 4.74 Å². The van der Waals surface area contributed by atoms with E-state index >= 15 is 0 Å². The van der Waals surface area contributed by atoms with Crippen molar-refractivity contribution in [3.63, 3.8) is 0 Å². The van der Waals surface area contributed by atoms with Gasteiger partial charge in [0.25, 0.3) is 0 Å². The lowest BCUT2D eigenvalue weighted by molar-refractivity contribution is -0.00126. The number of rotatable bonds is 4. The van der Waals surface area contributed by atoms with E-state index in [0.29, 0.717) is 6.10 Å². The van der Waals surface area contributed by atoms with Crippen LogP contribution in [0.2, 0.25) is 0 Å². The number of piperidine rings is 1. The molecule has 1 saturated carbocycles. The molecule has 1 aliphatic carbocycles. The second kappa shape index (κ2) is 8.92. The van der Waals surface area contributed by atoms with Gasteiger partial charge in [0.1, 0.15) is 11.9 Å². The normalized spacial score (nSPS) is 20.9. The quantitative estimate of drug-likeness (QED) is 0.672. The zero-order valence-electron chi connectivity index (χ0n) is 15.5. The van der Waals surface area contributed by atoms with Gasteiger partial charge in [0, 0.05) is 18.6 Å². The molecule has 4 rings (SSSR count). The predicted molar refractivity (Wildman–Crippen MR) is 110 cm³/mol. The highest BCUT2D eigenvalue weighted by Crippen LogP contribution is 2.43. The molecule has 140 valence electrons. The SMILES string of the molecule is Cl.c1ccc(OC2CCN(C3(c4ccccc4)CCCCC3)CC2)cc1. The van der Waals surface area contributed by atoms with Gasteiger partial charge in [-0.05, 0) is 43.4 Å². The summed E-state index contributed by atoms with van der Waals surface area (Å²) in [6, 6.07) is 21.5. The number of halogens is 1. The molecule has 1 saturated heterocycles. The summed E-state index contributed by atoms with van der Waals surface area (Å²) in [4.78, 5) is 2.77. The maximum Gasteiger partial charge on any atom is 0.119 e. The van der Waals surface area contributed by atoms with E-state index in [1.54, 1.807) is 0 Å². The molecule has 2 aliphatic rings. The minimum Gasteiger partial charge on any atom is -0.490 e. The Morgan fingerprint density at radius 3 is 1.96 bits per heavy atom.